The van der Waals surface area contributed by atoms with Gasteiger partial charge in [0.15, 0.2) is 0 Å². The maximum Gasteiger partial charge on any atom is 0.0429 e. The maximum atomic E-state index is 3.56. The normalized spacial score (nSPS) is 13.2. The Hall–Kier alpha value is 0.490. The van der Waals surface area contributed by atoms with Gasteiger partial charge < -0.3 is 5.32 Å². The van der Waals surface area contributed by atoms with Crippen LogP contribution in [0.5, 0.6) is 0 Å². The zero-order valence-electron chi connectivity index (χ0n) is 7.84. The van der Waals surface area contributed by atoms with Crippen molar-refractivity contribution in [2.24, 2.45) is 0 Å². The average Bonchev–Trinajstić information content (AvgIpc) is 2.54. The quantitative estimate of drug-likeness (QED) is 0.885. The van der Waals surface area contributed by atoms with Crippen LogP contribution in [0.15, 0.2) is 15.2 Å². The van der Waals surface area contributed by atoms with E-state index in [4.69, 9.17) is 0 Å². The molecule has 0 aliphatic heterocycles. The number of rotatable bonds is 5. The fourth-order valence-electron chi connectivity index (χ4n) is 1.10. The summed E-state index contributed by atoms with van der Waals surface area (Å²) >= 11 is 7.28. The fourth-order valence-corrected chi connectivity index (χ4v) is 3.55. The van der Waals surface area contributed by atoms with Gasteiger partial charge in [-0.05, 0) is 39.7 Å². The summed E-state index contributed by atoms with van der Waals surface area (Å²) in [6.45, 7) is 2.19. The highest BCUT2D eigenvalue weighted by atomic mass is 79.9. The third-order valence-corrected chi connectivity index (χ3v) is 4.58. The molecule has 0 aliphatic carbocycles. The fraction of sp³-hybridized carbons (Fsp3) is 0.556. The molecular formula is C9H14BrNS2. The van der Waals surface area contributed by atoms with Gasteiger partial charge in [-0.25, -0.2) is 0 Å². The van der Waals surface area contributed by atoms with Crippen molar-refractivity contribution in [1.29, 1.82) is 0 Å². The molecule has 1 nitrogen and oxygen atoms in total. The van der Waals surface area contributed by atoms with Crippen molar-refractivity contribution in [3.63, 3.8) is 0 Å². The van der Waals surface area contributed by atoms with E-state index in [0.717, 1.165) is 5.75 Å². The van der Waals surface area contributed by atoms with Crippen LogP contribution in [0.25, 0.3) is 0 Å². The van der Waals surface area contributed by atoms with Crippen molar-refractivity contribution < 1.29 is 0 Å². The van der Waals surface area contributed by atoms with Gasteiger partial charge in [0.1, 0.15) is 0 Å². The lowest BCUT2D eigenvalue weighted by Gasteiger charge is -2.14. The standard InChI is InChI=1S/C9H14BrNS2/c1-3-12-6-9(11-2)7-4-13-5-8(7)10/h4-5,9,11H,3,6H2,1-2H3. The highest BCUT2D eigenvalue weighted by Gasteiger charge is 2.12. The molecule has 13 heavy (non-hydrogen) atoms. The van der Waals surface area contributed by atoms with Crippen LogP contribution < -0.4 is 5.32 Å². The van der Waals surface area contributed by atoms with Crippen LogP contribution in [0.1, 0.15) is 18.5 Å². The second-order valence-electron chi connectivity index (χ2n) is 2.68. The molecule has 1 atom stereocenters. The van der Waals surface area contributed by atoms with Crippen LogP contribution >= 0.6 is 39.0 Å². The van der Waals surface area contributed by atoms with Crippen molar-refractivity contribution in [3.8, 4) is 0 Å². The van der Waals surface area contributed by atoms with Crippen molar-refractivity contribution in [2.75, 3.05) is 18.6 Å². The highest BCUT2D eigenvalue weighted by molar-refractivity contribution is 9.10. The summed E-state index contributed by atoms with van der Waals surface area (Å²) in [5.41, 5.74) is 1.38. The van der Waals surface area contributed by atoms with Crippen LogP contribution in [0, 0.1) is 0 Å². The first-order valence-corrected chi connectivity index (χ1v) is 7.15. The van der Waals surface area contributed by atoms with Crippen molar-refractivity contribution in [1.82, 2.24) is 5.32 Å². The van der Waals surface area contributed by atoms with Gasteiger partial charge in [-0.2, -0.15) is 23.1 Å². The Morgan fingerprint density at radius 1 is 1.62 bits per heavy atom. The van der Waals surface area contributed by atoms with Crippen LogP contribution in [0.4, 0.5) is 0 Å². The molecule has 1 aromatic rings. The molecule has 0 aliphatic rings. The Balaban J connectivity index is 2.61. The summed E-state index contributed by atoms with van der Waals surface area (Å²) in [6.07, 6.45) is 0. The maximum absolute atomic E-state index is 3.56. The van der Waals surface area contributed by atoms with Gasteiger partial charge >= 0.3 is 0 Å². The van der Waals surface area contributed by atoms with E-state index in [2.05, 4.69) is 38.9 Å². The predicted octanol–water partition coefficient (Wildman–Crippen LogP) is 3.52. The Kier molecular flexibility index (Phi) is 5.39. The predicted molar refractivity (Wildman–Crippen MR) is 66.8 cm³/mol. The van der Waals surface area contributed by atoms with Crippen LogP contribution in [0.2, 0.25) is 0 Å². The monoisotopic (exact) mass is 279 g/mol. The lowest BCUT2D eigenvalue weighted by Crippen LogP contribution is -2.18. The molecule has 0 bridgehead atoms. The van der Waals surface area contributed by atoms with Crippen molar-refractivity contribution in [2.45, 2.75) is 13.0 Å². The Morgan fingerprint density at radius 2 is 2.38 bits per heavy atom. The number of hydrogen-bond acceptors (Lipinski definition) is 3. The Morgan fingerprint density at radius 3 is 2.85 bits per heavy atom. The molecule has 74 valence electrons. The van der Waals surface area contributed by atoms with Gasteiger partial charge in [-0.3, -0.25) is 0 Å². The number of halogens is 1. The van der Waals surface area contributed by atoms with Gasteiger partial charge in [-0.15, -0.1) is 0 Å². The second kappa shape index (κ2) is 6.06. The lowest BCUT2D eigenvalue weighted by atomic mass is 10.2. The van der Waals surface area contributed by atoms with Gasteiger partial charge in [-0.1, -0.05) is 6.92 Å². The summed E-state index contributed by atoms with van der Waals surface area (Å²) in [5.74, 6) is 2.32. The van der Waals surface area contributed by atoms with E-state index in [1.165, 1.54) is 15.8 Å². The summed E-state index contributed by atoms with van der Waals surface area (Å²) < 4.78 is 1.23. The number of hydrogen-bond donors (Lipinski definition) is 1. The van der Waals surface area contributed by atoms with Crippen molar-refractivity contribution >= 4 is 39.0 Å². The topological polar surface area (TPSA) is 12.0 Å². The molecule has 1 heterocycles. The van der Waals surface area contributed by atoms with E-state index in [-0.39, 0.29) is 0 Å². The summed E-state index contributed by atoms with van der Waals surface area (Å²) in [7, 11) is 2.02. The van der Waals surface area contributed by atoms with Gasteiger partial charge in [0.2, 0.25) is 0 Å². The molecule has 1 unspecified atom stereocenters. The number of thiophene rings is 1. The summed E-state index contributed by atoms with van der Waals surface area (Å²) in [6, 6.07) is 0.477. The minimum Gasteiger partial charge on any atom is -0.312 e. The zero-order chi connectivity index (χ0) is 9.68. The van der Waals surface area contributed by atoms with Gasteiger partial charge in [0.25, 0.3) is 0 Å². The van der Waals surface area contributed by atoms with Gasteiger partial charge in [0.05, 0.1) is 0 Å². The third-order valence-electron chi connectivity index (χ3n) is 1.85. The SMILES string of the molecule is CCSCC(NC)c1cscc1Br. The molecular weight excluding hydrogens is 266 g/mol. The Labute approximate surface area is 96.4 Å². The van der Waals surface area contributed by atoms with E-state index in [0.29, 0.717) is 6.04 Å². The average molecular weight is 280 g/mol. The van der Waals surface area contributed by atoms with E-state index < -0.39 is 0 Å². The van der Waals surface area contributed by atoms with E-state index in [1.54, 1.807) is 11.3 Å². The first kappa shape index (κ1) is 11.6. The van der Waals surface area contributed by atoms with Crippen LogP contribution in [-0.4, -0.2) is 18.6 Å². The molecule has 0 radical (unpaired) electrons. The van der Waals surface area contributed by atoms with Crippen molar-refractivity contribution in [3.05, 3.63) is 20.8 Å². The molecule has 0 aromatic carbocycles. The Bertz CT molecular complexity index is 250. The first-order chi connectivity index (χ1) is 6.29. The lowest BCUT2D eigenvalue weighted by molar-refractivity contribution is 0.662. The second-order valence-corrected chi connectivity index (χ2v) is 5.59. The van der Waals surface area contributed by atoms with Crippen LogP contribution in [0.3, 0.4) is 0 Å². The van der Waals surface area contributed by atoms with E-state index in [1.807, 2.05) is 18.8 Å². The molecule has 1 N–H and O–H groups in total. The molecule has 1 aromatic heterocycles. The third kappa shape index (κ3) is 3.27. The highest BCUT2D eigenvalue weighted by Crippen LogP contribution is 2.29. The molecule has 0 spiro atoms. The molecule has 0 amide bonds. The number of thioether (sulfide) groups is 1. The van der Waals surface area contributed by atoms with Crippen LogP contribution in [-0.2, 0) is 0 Å². The minimum atomic E-state index is 0.477. The summed E-state index contributed by atoms with van der Waals surface area (Å²) in [4.78, 5) is 0. The first-order valence-electron chi connectivity index (χ1n) is 4.26. The molecule has 0 fully saturated rings. The molecule has 1 rings (SSSR count). The number of nitrogens with one attached hydrogen (secondary N) is 1. The van der Waals surface area contributed by atoms with E-state index in [9.17, 15) is 0 Å². The largest absolute Gasteiger partial charge is 0.312 e. The summed E-state index contributed by atoms with van der Waals surface area (Å²) in [5, 5.41) is 7.68. The smallest absolute Gasteiger partial charge is 0.0429 e. The molecule has 0 saturated carbocycles. The molecule has 4 heteroatoms. The zero-order valence-corrected chi connectivity index (χ0v) is 11.1. The minimum absolute atomic E-state index is 0.477. The van der Waals surface area contributed by atoms with Gasteiger partial charge in [0, 0.05) is 21.6 Å². The van der Waals surface area contributed by atoms with E-state index >= 15 is 0 Å². The molecule has 0 saturated heterocycles.